The number of ketones is 5. The van der Waals surface area contributed by atoms with Gasteiger partial charge in [-0.2, -0.15) is 0 Å². The molecule has 0 atom stereocenters. The number of nitro benzene ring substituents is 2. The first-order chi connectivity index (χ1) is 41.8. The van der Waals surface area contributed by atoms with Crippen molar-refractivity contribution < 1.29 is 52.8 Å². The van der Waals surface area contributed by atoms with Crippen molar-refractivity contribution in [2.75, 3.05) is 32.1 Å². The molecule has 6 rings (SSSR count). The van der Waals surface area contributed by atoms with Crippen LogP contribution in [0.1, 0.15) is 170 Å². The molecule has 486 valence electrons. The number of nitro groups is 2. The van der Waals surface area contributed by atoms with Gasteiger partial charge in [0, 0.05) is 88.6 Å². The highest BCUT2D eigenvalue weighted by Crippen LogP contribution is 2.30. The topological polar surface area (TPSA) is 268 Å². The van der Waals surface area contributed by atoms with E-state index in [1.807, 2.05) is 113 Å². The number of nitrogens with zero attached hydrogens (tertiary/aromatic N) is 2. The van der Waals surface area contributed by atoms with Crippen LogP contribution in [-0.4, -0.2) is 70.4 Å². The van der Waals surface area contributed by atoms with Gasteiger partial charge in [0.15, 0.2) is 17.3 Å². The first-order valence-electron chi connectivity index (χ1n) is 29.8. The lowest BCUT2D eigenvalue weighted by Gasteiger charge is -2.23. The largest absolute Gasteiger partial charge is 0.493 e. The molecular weight excluding hydrogens is 1190 g/mol. The molecule has 90 heavy (non-hydrogen) atoms. The van der Waals surface area contributed by atoms with Gasteiger partial charge in [0.1, 0.15) is 28.8 Å². The highest BCUT2D eigenvalue weighted by atomic mass is 35.5. The van der Waals surface area contributed by atoms with Crippen LogP contribution in [0, 0.1) is 78.0 Å². The SMILES string of the molecule is Cc1ccc(C)c(OCCCC(C)(C)C(=O)CCC(=O)c2ccc(N)cc2)c1.Cc1ccc(C)c(OCCCC(C)(C)C(=O)CCC(=O)c2ccc([N+](=O)[O-])cc2)c1.Cc1ccc(C)c(OCCCC(C)(C)C(=O)Cl)c1.Cl.NCC(=O)c1ccc([N+](=O)[O-])cc1. The predicted molar refractivity (Wildman–Crippen MR) is 359 cm³/mol. The van der Waals surface area contributed by atoms with Crippen LogP contribution in [0.15, 0.2) is 127 Å². The Kier molecular flexibility index (Phi) is 32.7. The van der Waals surface area contributed by atoms with Gasteiger partial charge < -0.3 is 25.7 Å². The highest BCUT2D eigenvalue weighted by molar-refractivity contribution is 6.64. The summed E-state index contributed by atoms with van der Waals surface area (Å²) in [4.78, 5) is 91.8. The van der Waals surface area contributed by atoms with Gasteiger partial charge in [-0.1, -0.05) is 77.9 Å². The predicted octanol–water partition coefficient (Wildman–Crippen LogP) is 16.3. The van der Waals surface area contributed by atoms with E-state index in [1.165, 1.54) is 59.7 Å². The molecule has 0 aliphatic carbocycles. The van der Waals surface area contributed by atoms with E-state index in [1.54, 1.807) is 24.3 Å². The number of aryl methyl sites for hydroxylation is 6. The van der Waals surface area contributed by atoms with Crippen LogP contribution in [0.25, 0.3) is 0 Å². The lowest BCUT2D eigenvalue weighted by Crippen LogP contribution is -2.25. The number of halogens is 2. The molecule has 0 aliphatic rings. The van der Waals surface area contributed by atoms with Crippen molar-refractivity contribution in [2.45, 2.75) is 147 Å². The molecule has 19 heteroatoms. The van der Waals surface area contributed by atoms with Crippen molar-refractivity contribution in [2.24, 2.45) is 22.0 Å². The van der Waals surface area contributed by atoms with Crippen molar-refractivity contribution in [3.63, 3.8) is 0 Å². The summed E-state index contributed by atoms with van der Waals surface area (Å²) in [5.41, 5.74) is 18.0. The number of carbonyl (C=O) groups is 6. The number of Topliss-reactive ketones (excluding diaryl/α,β-unsaturated/α-hetero) is 5. The summed E-state index contributed by atoms with van der Waals surface area (Å²) in [6.07, 6.45) is 5.22. The van der Waals surface area contributed by atoms with Gasteiger partial charge in [-0.15, -0.1) is 12.4 Å². The Labute approximate surface area is 541 Å². The summed E-state index contributed by atoms with van der Waals surface area (Å²) in [7, 11) is 0. The Bertz CT molecular complexity index is 3360. The number of nitrogens with two attached hydrogens (primary N) is 2. The molecule has 0 spiro atoms. The summed E-state index contributed by atoms with van der Waals surface area (Å²) < 4.78 is 17.5. The van der Waals surface area contributed by atoms with Crippen LogP contribution >= 0.6 is 24.0 Å². The molecule has 0 radical (unpaired) electrons. The molecule has 0 saturated carbocycles. The smallest absolute Gasteiger partial charge is 0.269 e. The maximum absolute atomic E-state index is 12.6. The number of hydrogen-bond acceptors (Lipinski definition) is 15. The lowest BCUT2D eigenvalue weighted by molar-refractivity contribution is -0.385. The molecule has 6 aromatic carbocycles. The average molecular weight is 1280 g/mol. The maximum atomic E-state index is 12.6. The standard InChI is InChI=1S/C24H29NO5.C24H31NO3.C15H21ClO2.C8H8N2O3.ClH/c1-17-6-7-18(2)22(16-17)30-15-5-14-24(3,4)23(27)13-12-21(26)19-8-10-20(11-9-19)25(28)29;1-17-6-7-18(2)22(16-17)28-15-5-14-24(3,4)23(27)13-12-21(26)19-8-10-20(25)11-9-19;1-11-6-7-12(2)13(10-11)18-9-5-8-15(3,4)14(16)17;9-5-8(11)6-1-3-7(4-2-6)10(12)13;/h6-11,16H,5,12-15H2,1-4H3;6-11,16H,5,12-15,25H2,1-4H3;6-7,10H,5,8-9H2,1-4H3;1-4H,5,9H2;1H. The number of ether oxygens (including phenoxy) is 3. The molecule has 0 saturated heterocycles. The number of rotatable bonds is 30. The quantitative estimate of drug-likeness (QED) is 0.0106. The van der Waals surface area contributed by atoms with Gasteiger partial charge in [-0.05, 0) is 192 Å². The van der Waals surface area contributed by atoms with Gasteiger partial charge in [0.05, 0.1) is 36.2 Å². The summed E-state index contributed by atoms with van der Waals surface area (Å²) >= 11 is 5.53. The second-order valence-electron chi connectivity index (χ2n) is 24.1. The number of benzene rings is 6. The summed E-state index contributed by atoms with van der Waals surface area (Å²) in [5.74, 6) is 2.40. The van der Waals surface area contributed by atoms with Crippen LogP contribution in [0.5, 0.6) is 17.2 Å². The van der Waals surface area contributed by atoms with E-state index in [2.05, 4.69) is 24.3 Å². The highest BCUT2D eigenvalue weighted by Gasteiger charge is 2.29. The molecule has 0 unspecified atom stereocenters. The fraction of sp³-hybridized carbons (Fsp3) is 0.408. The van der Waals surface area contributed by atoms with Gasteiger partial charge >= 0.3 is 0 Å². The molecule has 0 heterocycles. The zero-order chi connectivity index (χ0) is 66.6. The van der Waals surface area contributed by atoms with Gasteiger partial charge in [-0.3, -0.25) is 49.0 Å². The molecule has 17 nitrogen and oxygen atoms in total. The Hall–Kier alpha value is -8.12. The third-order valence-electron chi connectivity index (χ3n) is 15.1. The van der Waals surface area contributed by atoms with Crippen LogP contribution in [0.3, 0.4) is 0 Å². The van der Waals surface area contributed by atoms with Crippen molar-refractivity contribution in [1.82, 2.24) is 0 Å². The Morgan fingerprint density at radius 2 is 0.733 bits per heavy atom. The van der Waals surface area contributed by atoms with E-state index < -0.39 is 26.1 Å². The van der Waals surface area contributed by atoms with Crippen molar-refractivity contribution >= 4 is 75.2 Å². The Morgan fingerprint density at radius 3 is 1.02 bits per heavy atom. The summed E-state index contributed by atoms with van der Waals surface area (Å²) in [6.45, 7) is 25.2. The van der Waals surface area contributed by atoms with Gasteiger partial charge in [0.25, 0.3) is 11.4 Å². The third kappa shape index (κ3) is 27.3. The van der Waals surface area contributed by atoms with Crippen LogP contribution in [0.2, 0.25) is 0 Å². The first-order valence-corrected chi connectivity index (χ1v) is 30.2. The molecule has 4 N–H and O–H groups in total. The molecule has 0 aromatic heterocycles. The molecule has 0 bridgehead atoms. The lowest BCUT2D eigenvalue weighted by atomic mass is 9.81. The number of carbonyl (C=O) groups excluding carboxylic acids is 6. The number of anilines is 1. The van der Waals surface area contributed by atoms with Crippen LogP contribution in [0.4, 0.5) is 17.1 Å². The first kappa shape index (κ1) is 78.0. The Balaban J connectivity index is 0.000000426. The normalized spacial score (nSPS) is 10.9. The van der Waals surface area contributed by atoms with Crippen molar-refractivity contribution in [1.29, 1.82) is 0 Å². The van der Waals surface area contributed by atoms with E-state index in [0.717, 1.165) is 71.6 Å². The van der Waals surface area contributed by atoms with Crippen LogP contribution < -0.4 is 25.7 Å². The number of hydrogen-bond donors (Lipinski definition) is 2. The monoisotopic (exact) mass is 1280 g/mol. The van der Waals surface area contributed by atoms with Gasteiger partial charge in [-0.25, -0.2) is 0 Å². The molecule has 0 aliphatic heterocycles. The van der Waals surface area contributed by atoms with Gasteiger partial charge in [0.2, 0.25) is 5.24 Å². The van der Waals surface area contributed by atoms with Crippen molar-refractivity contribution in [3.05, 3.63) is 198 Å². The molecule has 0 amide bonds. The zero-order valence-electron chi connectivity index (χ0n) is 54.2. The average Bonchev–Trinajstić information content (AvgIpc) is 2.24. The van der Waals surface area contributed by atoms with E-state index in [4.69, 9.17) is 37.3 Å². The van der Waals surface area contributed by atoms with E-state index in [0.29, 0.717) is 48.6 Å². The summed E-state index contributed by atoms with van der Waals surface area (Å²) in [6, 6.07) is 36.0. The third-order valence-corrected chi connectivity index (χ3v) is 15.6. The molecular formula is C71H90Cl2N4O13. The second kappa shape index (κ2) is 37.8. The number of nitrogen functional groups attached to an aromatic ring is 1. The summed E-state index contributed by atoms with van der Waals surface area (Å²) in [5, 5.41) is 20.7. The van der Waals surface area contributed by atoms with E-state index in [9.17, 15) is 49.0 Å². The minimum absolute atomic E-state index is 0. The second-order valence-corrected chi connectivity index (χ2v) is 24.5. The Morgan fingerprint density at radius 1 is 0.444 bits per heavy atom. The van der Waals surface area contributed by atoms with E-state index >= 15 is 0 Å². The minimum atomic E-state index is -0.541. The molecule has 6 aromatic rings. The van der Waals surface area contributed by atoms with Crippen molar-refractivity contribution in [3.8, 4) is 17.2 Å². The van der Waals surface area contributed by atoms with Crippen LogP contribution in [-0.2, 0) is 14.4 Å². The minimum Gasteiger partial charge on any atom is -0.493 e. The zero-order valence-corrected chi connectivity index (χ0v) is 55.7. The molecule has 0 fully saturated rings. The fourth-order valence-electron chi connectivity index (χ4n) is 8.80. The van der Waals surface area contributed by atoms with E-state index in [-0.39, 0.29) is 90.2 Å². The maximum Gasteiger partial charge on any atom is 0.269 e. The fourth-order valence-corrected chi connectivity index (χ4v) is 8.89. The number of non-ortho nitro benzene ring substituents is 2.